The van der Waals surface area contributed by atoms with Gasteiger partial charge in [-0.2, -0.15) is 0 Å². The Bertz CT molecular complexity index is 1030. The zero-order valence-electron chi connectivity index (χ0n) is 26.6. The lowest BCUT2D eigenvalue weighted by atomic mass is 9.47. The number of hydrogen-bond acceptors (Lipinski definition) is 2. The molecule has 4 aliphatic carbocycles. The minimum absolute atomic E-state index is 0.0556. The van der Waals surface area contributed by atoms with Gasteiger partial charge in [0.25, 0.3) is 0 Å². The second-order valence-electron chi connectivity index (χ2n) is 15.4. The van der Waals surface area contributed by atoms with Crippen molar-refractivity contribution in [2.24, 2.45) is 52.3 Å². The monoisotopic (exact) mass is 546 g/mol. The third-order valence-corrected chi connectivity index (χ3v) is 12.9. The molecule has 0 N–H and O–H groups in total. The molecule has 0 aliphatic heterocycles. The SMILES string of the molecule is CCC[C@H](CC[C@H](C)[C@@H]1CC[C@@H]2[C@@H]3CC=C4C[C@H](OC(=O)Cc5ccccc5)CC[C@]4(C)[C@@H]3CC[C@@]21C)C(C)C. The molecule has 0 spiro atoms. The van der Waals surface area contributed by atoms with Crippen LogP contribution in [-0.2, 0) is 16.0 Å². The maximum absolute atomic E-state index is 12.7. The Morgan fingerprint density at radius 1 is 0.950 bits per heavy atom. The van der Waals surface area contributed by atoms with Crippen molar-refractivity contribution in [1.29, 1.82) is 0 Å². The van der Waals surface area contributed by atoms with E-state index in [1.807, 2.05) is 30.3 Å². The summed E-state index contributed by atoms with van der Waals surface area (Å²) in [4.78, 5) is 12.7. The van der Waals surface area contributed by atoms with Gasteiger partial charge in [-0.3, -0.25) is 4.79 Å². The summed E-state index contributed by atoms with van der Waals surface area (Å²) in [6.07, 6.45) is 18.8. The fraction of sp³-hybridized carbons (Fsp3) is 0.763. The number of allylic oxidation sites excluding steroid dienone is 1. The van der Waals surface area contributed by atoms with Crippen LogP contribution in [-0.4, -0.2) is 12.1 Å². The Hall–Kier alpha value is -1.57. The van der Waals surface area contributed by atoms with Crippen molar-refractivity contribution in [3.05, 3.63) is 47.5 Å². The van der Waals surface area contributed by atoms with Gasteiger partial charge >= 0.3 is 5.97 Å². The summed E-state index contributed by atoms with van der Waals surface area (Å²) < 4.78 is 6.04. The number of carbonyl (C=O) groups is 1. The van der Waals surface area contributed by atoms with Crippen LogP contribution in [0.25, 0.3) is 0 Å². The van der Waals surface area contributed by atoms with Gasteiger partial charge in [0, 0.05) is 6.42 Å². The number of rotatable bonds is 10. The van der Waals surface area contributed by atoms with Crippen molar-refractivity contribution in [1.82, 2.24) is 0 Å². The molecule has 1 aromatic rings. The molecule has 40 heavy (non-hydrogen) atoms. The molecule has 222 valence electrons. The van der Waals surface area contributed by atoms with Crippen molar-refractivity contribution in [3.8, 4) is 0 Å². The second-order valence-corrected chi connectivity index (χ2v) is 15.4. The van der Waals surface area contributed by atoms with Crippen molar-refractivity contribution >= 4 is 5.97 Å². The summed E-state index contributed by atoms with van der Waals surface area (Å²) >= 11 is 0. The third kappa shape index (κ3) is 5.85. The molecule has 3 fully saturated rings. The number of fused-ring (bicyclic) bond motifs is 5. The van der Waals surface area contributed by atoms with Crippen LogP contribution in [0.2, 0.25) is 0 Å². The lowest BCUT2D eigenvalue weighted by Gasteiger charge is -2.58. The van der Waals surface area contributed by atoms with Crippen molar-refractivity contribution in [2.45, 2.75) is 131 Å². The van der Waals surface area contributed by atoms with E-state index in [-0.39, 0.29) is 12.1 Å². The normalized spacial score (nSPS) is 36.7. The third-order valence-electron chi connectivity index (χ3n) is 12.9. The van der Waals surface area contributed by atoms with Crippen LogP contribution in [0.15, 0.2) is 42.0 Å². The van der Waals surface area contributed by atoms with E-state index in [9.17, 15) is 4.79 Å². The lowest BCUT2D eigenvalue weighted by molar-refractivity contribution is -0.150. The second kappa shape index (κ2) is 12.3. The molecule has 0 unspecified atom stereocenters. The quantitative estimate of drug-likeness (QED) is 0.215. The molecular weight excluding hydrogens is 488 g/mol. The lowest BCUT2D eigenvalue weighted by Crippen LogP contribution is -2.51. The highest BCUT2D eigenvalue weighted by atomic mass is 16.5. The van der Waals surface area contributed by atoms with Gasteiger partial charge in [-0.1, -0.05) is 103 Å². The Morgan fingerprint density at radius 3 is 2.45 bits per heavy atom. The maximum Gasteiger partial charge on any atom is 0.310 e. The fourth-order valence-electron chi connectivity index (χ4n) is 10.6. The van der Waals surface area contributed by atoms with Crippen LogP contribution in [0.4, 0.5) is 0 Å². The summed E-state index contributed by atoms with van der Waals surface area (Å²) in [5.41, 5.74) is 3.49. The van der Waals surface area contributed by atoms with Gasteiger partial charge in [-0.05, 0) is 109 Å². The van der Waals surface area contributed by atoms with Crippen LogP contribution < -0.4 is 0 Å². The average Bonchev–Trinajstić information content (AvgIpc) is 3.28. The topological polar surface area (TPSA) is 26.3 Å². The van der Waals surface area contributed by atoms with Crippen LogP contribution in [0.3, 0.4) is 0 Å². The number of esters is 1. The van der Waals surface area contributed by atoms with Gasteiger partial charge in [0.2, 0.25) is 0 Å². The Balaban J connectivity index is 1.21. The minimum atomic E-state index is -0.0666. The largest absolute Gasteiger partial charge is 0.462 e. The van der Waals surface area contributed by atoms with E-state index >= 15 is 0 Å². The first-order valence-electron chi connectivity index (χ1n) is 17.1. The van der Waals surface area contributed by atoms with E-state index in [0.717, 1.165) is 59.8 Å². The Morgan fingerprint density at radius 2 is 1.73 bits per heavy atom. The molecule has 2 heteroatoms. The van der Waals surface area contributed by atoms with Crippen molar-refractivity contribution in [3.63, 3.8) is 0 Å². The highest BCUT2D eigenvalue weighted by Crippen LogP contribution is 2.67. The molecule has 3 saturated carbocycles. The molecule has 0 heterocycles. The molecule has 0 bridgehead atoms. The zero-order valence-corrected chi connectivity index (χ0v) is 26.6. The van der Waals surface area contributed by atoms with Crippen LogP contribution in [0.1, 0.15) is 124 Å². The molecule has 0 aromatic heterocycles. The van der Waals surface area contributed by atoms with E-state index < -0.39 is 0 Å². The molecule has 9 atom stereocenters. The Labute approximate surface area is 246 Å². The fourth-order valence-corrected chi connectivity index (χ4v) is 10.6. The van der Waals surface area contributed by atoms with Gasteiger partial charge < -0.3 is 4.74 Å². The smallest absolute Gasteiger partial charge is 0.310 e. The molecular formula is C38H58O2. The van der Waals surface area contributed by atoms with Crippen molar-refractivity contribution < 1.29 is 9.53 Å². The molecule has 0 amide bonds. The van der Waals surface area contributed by atoms with E-state index in [4.69, 9.17) is 4.74 Å². The summed E-state index contributed by atoms with van der Waals surface area (Å²) in [5, 5.41) is 0. The van der Waals surface area contributed by atoms with Crippen LogP contribution in [0.5, 0.6) is 0 Å². The maximum atomic E-state index is 12.7. The first-order valence-corrected chi connectivity index (χ1v) is 17.1. The van der Waals surface area contributed by atoms with E-state index in [2.05, 4.69) is 47.6 Å². The average molecular weight is 547 g/mol. The van der Waals surface area contributed by atoms with Gasteiger partial charge in [-0.25, -0.2) is 0 Å². The van der Waals surface area contributed by atoms with Crippen molar-refractivity contribution in [2.75, 3.05) is 0 Å². The van der Waals surface area contributed by atoms with E-state index in [1.54, 1.807) is 5.57 Å². The molecule has 2 nitrogen and oxygen atoms in total. The molecule has 0 saturated heterocycles. The van der Waals surface area contributed by atoms with Gasteiger partial charge in [0.1, 0.15) is 6.10 Å². The van der Waals surface area contributed by atoms with Crippen LogP contribution in [0, 0.1) is 52.3 Å². The van der Waals surface area contributed by atoms with Gasteiger partial charge in [-0.15, -0.1) is 0 Å². The zero-order chi connectivity index (χ0) is 28.5. The van der Waals surface area contributed by atoms with E-state index in [0.29, 0.717) is 17.3 Å². The first-order chi connectivity index (χ1) is 19.2. The predicted molar refractivity (Wildman–Crippen MR) is 167 cm³/mol. The van der Waals surface area contributed by atoms with Gasteiger partial charge in [0.05, 0.1) is 6.42 Å². The Kier molecular flexibility index (Phi) is 9.23. The number of ether oxygens (including phenoxy) is 1. The summed E-state index contributed by atoms with van der Waals surface area (Å²) in [5.74, 6) is 5.99. The molecule has 4 aliphatic rings. The number of hydrogen-bond donors (Lipinski definition) is 0. The predicted octanol–water partition coefficient (Wildman–Crippen LogP) is 10.2. The standard InChI is InChI=1S/C38H58O2/c1-7-11-29(26(2)3)15-14-27(4)33-18-19-34-32-17-16-30-25-31(40-36(39)24-28-12-9-8-10-13-28)20-22-37(30,5)35(32)21-23-38(33,34)6/h8-10,12-13,16,26-27,29,31-35H,7,11,14-15,17-25H2,1-6H3/t27-,29+,31+,32-,33-,34+,35+,37-,38+/m0/s1. The minimum Gasteiger partial charge on any atom is -0.462 e. The van der Waals surface area contributed by atoms with E-state index in [1.165, 1.54) is 64.2 Å². The molecule has 1 aromatic carbocycles. The summed E-state index contributed by atoms with van der Waals surface area (Å²) in [6.45, 7) is 15.1. The highest BCUT2D eigenvalue weighted by Gasteiger charge is 2.59. The summed E-state index contributed by atoms with van der Waals surface area (Å²) in [6, 6.07) is 10.0. The number of benzene rings is 1. The first kappa shape index (κ1) is 29.9. The van der Waals surface area contributed by atoms with Crippen LogP contribution >= 0.6 is 0 Å². The highest BCUT2D eigenvalue weighted by molar-refractivity contribution is 5.72. The summed E-state index contributed by atoms with van der Waals surface area (Å²) in [7, 11) is 0. The molecule has 0 radical (unpaired) electrons. The number of carbonyl (C=O) groups excluding carboxylic acids is 1. The van der Waals surface area contributed by atoms with Gasteiger partial charge in [0.15, 0.2) is 0 Å². The molecule has 5 rings (SSSR count).